The van der Waals surface area contributed by atoms with Crippen molar-refractivity contribution in [3.8, 4) is 0 Å². The first kappa shape index (κ1) is 8.40. The van der Waals surface area contributed by atoms with Crippen molar-refractivity contribution in [3.05, 3.63) is 0 Å². The summed E-state index contributed by atoms with van der Waals surface area (Å²) < 4.78 is 4.53. The molecule has 0 saturated heterocycles. The third-order valence-corrected chi connectivity index (χ3v) is 2.05. The Hall–Kier alpha value is 1.40. The minimum absolute atomic E-state index is 0.169. The van der Waals surface area contributed by atoms with Crippen LogP contribution in [0.3, 0.4) is 0 Å². The number of hydrogen-bond donors (Lipinski definition) is 1. The average molecular weight is 198 g/mol. The van der Waals surface area contributed by atoms with Crippen molar-refractivity contribution in [2.45, 2.75) is 0 Å². The molecule has 0 aliphatic heterocycles. The van der Waals surface area contributed by atoms with Gasteiger partial charge < -0.3 is 4.43 Å². The van der Waals surface area contributed by atoms with Gasteiger partial charge in [0.05, 0.1) is 5.94 Å². The first-order chi connectivity index (χ1) is 3.06. The maximum absolute atomic E-state index is 5.23. The van der Waals surface area contributed by atoms with Gasteiger partial charge in [-0.15, -0.1) is 0 Å². The zero-order chi connectivity index (χ0) is 5.91. The Labute approximate surface area is 62.5 Å². The minimum atomic E-state index is -2.82. The Morgan fingerprint density at radius 1 is 1.43 bits per heavy atom. The van der Waals surface area contributed by atoms with Crippen LogP contribution in [0.2, 0.25) is 0 Å². The van der Waals surface area contributed by atoms with Gasteiger partial charge in [0.15, 0.2) is 0 Å². The van der Waals surface area contributed by atoms with Crippen LogP contribution < -0.4 is 0 Å². The fraction of sp³-hybridized carbons (Fsp3) is 1.00. The summed E-state index contributed by atoms with van der Waals surface area (Å²) in [6, 6.07) is 0. The first-order valence-corrected chi connectivity index (χ1v) is 6.95. The fourth-order valence-corrected chi connectivity index (χ4v) is 1.98. The molecule has 0 bridgehead atoms. The molecule has 0 amide bonds. The van der Waals surface area contributed by atoms with E-state index in [-0.39, 0.29) is 5.94 Å². The maximum Gasteiger partial charge on any atom is 0.494 e. The molecule has 0 N–H and O–H groups in total. The molecule has 0 aromatic heterocycles. The minimum Gasteiger partial charge on any atom is -0.372 e. The molecule has 0 saturated carbocycles. The molecular formula is CH3Cl3OSSi. The zero-order valence-corrected chi connectivity index (χ0v) is 7.36. The highest BCUT2D eigenvalue weighted by Gasteiger charge is 2.26. The van der Waals surface area contributed by atoms with E-state index >= 15 is 0 Å². The van der Waals surface area contributed by atoms with Gasteiger partial charge in [-0.2, -0.15) is 12.6 Å². The summed E-state index contributed by atoms with van der Waals surface area (Å²) in [6.45, 7) is 0. The molecule has 44 valence electrons. The molecule has 0 aromatic rings. The second-order valence-corrected chi connectivity index (χ2v) is 8.69. The van der Waals surface area contributed by atoms with Gasteiger partial charge in [0.2, 0.25) is 0 Å². The van der Waals surface area contributed by atoms with Crippen molar-refractivity contribution < 1.29 is 4.43 Å². The van der Waals surface area contributed by atoms with Crippen molar-refractivity contribution in [2.24, 2.45) is 0 Å². The van der Waals surface area contributed by atoms with Crippen LogP contribution in [0, 0.1) is 0 Å². The lowest BCUT2D eigenvalue weighted by Gasteiger charge is -2.03. The molecule has 0 radical (unpaired) electrons. The van der Waals surface area contributed by atoms with E-state index in [4.69, 9.17) is 33.2 Å². The van der Waals surface area contributed by atoms with E-state index in [0.717, 1.165) is 0 Å². The number of rotatable bonds is 2. The van der Waals surface area contributed by atoms with Crippen molar-refractivity contribution >= 4 is 52.1 Å². The smallest absolute Gasteiger partial charge is 0.372 e. The molecule has 1 nitrogen and oxygen atoms in total. The van der Waals surface area contributed by atoms with Gasteiger partial charge in [-0.05, 0) is 0 Å². The van der Waals surface area contributed by atoms with E-state index in [1.807, 2.05) is 0 Å². The molecule has 0 aliphatic carbocycles. The summed E-state index contributed by atoms with van der Waals surface area (Å²) in [4.78, 5) is 0. The Bertz CT molecular complexity index is 53.4. The summed E-state index contributed by atoms with van der Waals surface area (Å²) in [6.07, 6.45) is -2.82. The molecule has 0 aliphatic rings. The second-order valence-electron chi connectivity index (χ2n) is 0.719. The largest absolute Gasteiger partial charge is 0.494 e. The normalized spacial score (nSPS) is 12.0. The molecule has 0 rings (SSSR count). The molecule has 6 heteroatoms. The molecule has 0 fully saturated rings. The van der Waals surface area contributed by atoms with Gasteiger partial charge in [-0.1, -0.05) is 33.2 Å². The average Bonchev–Trinajstić information content (AvgIpc) is 1.30. The number of hydrogen-bond acceptors (Lipinski definition) is 2. The lowest BCUT2D eigenvalue weighted by atomic mass is 11.7. The maximum atomic E-state index is 5.23. The SMILES string of the molecule is SCO[Si](Cl)(Cl)Cl. The molecule has 0 spiro atoms. The predicted molar refractivity (Wildman–Crippen MR) is 38.3 cm³/mol. The first-order valence-electron chi connectivity index (χ1n) is 1.38. The lowest BCUT2D eigenvalue weighted by Crippen LogP contribution is -2.14. The second kappa shape index (κ2) is 3.43. The van der Waals surface area contributed by atoms with Crippen molar-refractivity contribution in [1.82, 2.24) is 0 Å². The van der Waals surface area contributed by atoms with E-state index in [0.29, 0.717) is 0 Å². The fourth-order valence-electron chi connectivity index (χ4n) is 0.0732. The van der Waals surface area contributed by atoms with E-state index in [9.17, 15) is 0 Å². The van der Waals surface area contributed by atoms with Gasteiger partial charge in [0, 0.05) is 0 Å². The van der Waals surface area contributed by atoms with Crippen molar-refractivity contribution in [1.29, 1.82) is 0 Å². The molecule has 0 atom stereocenters. The lowest BCUT2D eigenvalue weighted by molar-refractivity contribution is 0.420. The van der Waals surface area contributed by atoms with E-state index in [2.05, 4.69) is 17.1 Å². The highest BCUT2D eigenvalue weighted by atomic mass is 35.8. The van der Waals surface area contributed by atoms with Crippen LogP contribution in [-0.2, 0) is 4.43 Å². The molecule has 0 heterocycles. The number of thiol groups is 1. The highest BCUT2D eigenvalue weighted by molar-refractivity contribution is 7.80. The van der Waals surface area contributed by atoms with Gasteiger partial charge in [0.25, 0.3) is 0 Å². The van der Waals surface area contributed by atoms with Crippen LogP contribution in [0.15, 0.2) is 0 Å². The van der Waals surface area contributed by atoms with E-state index in [1.165, 1.54) is 0 Å². The van der Waals surface area contributed by atoms with Gasteiger partial charge in [0.1, 0.15) is 0 Å². The summed E-state index contributed by atoms with van der Waals surface area (Å²) in [5.74, 6) is 0.169. The zero-order valence-electron chi connectivity index (χ0n) is 3.20. The van der Waals surface area contributed by atoms with Crippen molar-refractivity contribution in [3.63, 3.8) is 0 Å². The van der Waals surface area contributed by atoms with Crippen LogP contribution in [0.4, 0.5) is 0 Å². The Morgan fingerprint density at radius 3 is 1.86 bits per heavy atom. The Morgan fingerprint density at radius 2 is 1.86 bits per heavy atom. The van der Waals surface area contributed by atoms with E-state index in [1.54, 1.807) is 0 Å². The Kier molecular flexibility index (Phi) is 4.11. The molecule has 0 aromatic carbocycles. The third kappa shape index (κ3) is 7.40. The molecular weight excluding hydrogens is 195 g/mol. The van der Waals surface area contributed by atoms with Crippen LogP contribution >= 0.6 is 45.9 Å². The highest BCUT2D eigenvalue weighted by Crippen LogP contribution is 2.20. The summed E-state index contributed by atoms with van der Waals surface area (Å²) >= 11 is 19.4. The van der Waals surface area contributed by atoms with Gasteiger partial charge in [-0.3, -0.25) is 0 Å². The standard InChI is InChI=1S/CH3Cl3OSSi/c2-7(3,4)5-1-6/h6H,1H2. The van der Waals surface area contributed by atoms with Crippen LogP contribution in [0.25, 0.3) is 0 Å². The summed E-state index contributed by atoms with van der Waals surface area (Å²) in [5.41, 5.74) is 0. The van der Waals surface area contributed by atoms with Crippen LogP contribution in [-0.4, -0.2) is 12.2 Å². The van der Waals surface area contributed by atoms with Gasteiger partial charge in [-0.25, -0.2) is 0 Å². The third-order valence-electron chi connectivity index (χ3n) is 0.228. The monoisotopic (exact) mass is 196 g/mol. The number of halogens is 3. The van der Waals surface area contributed by atoms with Gasteiger partial charge >= 0.3 is 6.25 Å². The molecule has 7 heavy (non-hydrogen) atoms. The Balaban J connectivity index is 3.15. The summed E-state index contributed by atoms with van der Waals surface area (Å²) in [7, 11) is 0. The predicted octanol–water partition coefficient (Wildman–Crippen LogP) is 2.04. The topological polar surface area (TPSA) is 9.23 Å². The quantitative estimate of drug-likeness (QED) is 0.309. The summed E-state index contributed by atoms with van der Waals surface area (Å²) in [5, 5.41) is 0. The van der Waals surface area contributed by atoms with E-state index < -0.39 is 6.25 Å². The van der Waals surface area contributed by atoms with Crippen molar-refractivity contribution in [2.75, 3.05) is 5.94 Å². The van der Waals surface area contributed by atoms with Crippen LogP contribution in [0.5, 0.6) is 0 Å². The molecule has 0 unspecified atom stereocenters. The van der Waals surface area contributed by atoms with Crippen LogP contribution in [0.1, 0.15) is 0 Å².